The molecule has 0 N–H and O–H groups in total. The van der Waals surface area contributed by atoms with Crippen LogP contribution in [0.3, 0.4) is 0 Å². The molecule has 0 aromatic heterocycles. The van der Waals surface area contributed by atoms with Crippen LogP contribution in [-0.2, 0) is 12.6 Å². The van der Waals surface area contributed by atoms with Gasteiger partial charge in [-0.1, -0.05) is 43.4 Å². The average molecular weight is 260 g/mol. The Morgan fingerprint density at radius 1 is 1.17 bits per heavy atom. The van der Waals surface area contributed by atoms with Gasteiger partial charge in [0.05, 0.1) is 0 Å². The van der Waals surface area contributed by atoms with Gasteiger partial charge in [-0.3, -0.25) is 0 Å². The molecule has 1 aromatic rings. The Hall–Kier alpha value is -0.893. The monoisotopic (exact) mass is 260 g/mol. The van der Waals surface area contributed by atoms with Crippen molar-refractivity contribution < 1.29 is 4.58 Å². The number of benzene rings is 1. The van der Waals surface area contributed by atoms with Gasteiger partial charge >= 0.3 is 0 Å². The van der Waals surface area contributed by atoms with Gasteiger partial charge in [0.25, 0.3) is 0 Å². The molecule has 0 fully saturated rings. The minimum Gasteiger partial charge on any atom is -0.233 e. The Balaban J connectivity index is 2.10. The first kappa shape index (κ1) is 13.5. The van der Waals surface area contributed by atoms with E-state index in [4.69, 9.17) is 0 Å². The standard InChI is InChI=1S/C16H26NSi/c1-14-7-6-10-17(14)12-15-8-5-9-16(11-15)13-18(2,3)4/h5,8-9,11H,6-7,10,12-13H2,1-4H3/q+1. The number of rotatable bonds is 4. The summed E-state index contributed by atoms with van der Waals surface area (Å²) in [7, 11) is -0.998. The molecule has 2 heteroatoms. The van der Waals surface area contributed by atoms with Crippen molar-refractivity contribution in [3.8, 4) is 0 Å². The first-order valence-corrected chi connectivity index (χ1v) is 10.8. The molecule has 1 aromatic carbocycles. The lowest BCUT2D eigenvalue weighted by Gasteiger charge is -2.16. The summed E-state index contributed by atoms with van der Waals surface area (Å²) in [5.41, 5.74) is 4.57. The highest BCUT2D eigenvalue weighted by Gasteiger charge is 2.19. The quantitative estimate of drug-likeness (QED) is 0.571. The van der Waals surface area contributed by atoms with Crippen LogP contribution in [0.15, 0.2) is 24.3 Å². The molecule has 1 aliphatic rings. The maximum atomic E-state index is 2.54. The fourth-order valence-corrected chi connectivity index (χ4v) is 4.20. The van der Waals surface area contributed by atoms with E-state index in [2.05, 4.69) is 55.4 Å². The summed E-state index contributed by atoms with van der Waals surface area (Å²) in [6, 6.07) is 10.5. The summed E-state index contributed by atoms with van der Waals surface area (Å²) in [5, 5.41) is 0. The van der Waals surface area contributed by atoms with Gasteiger partial charge in [0.2, 0.25) is 0 Å². The second kappa shape index (κ2) is 5.39. The van der Waals surface area contributed by atoms with Crippen molar-refractivity contribution in [1.29, 1.82) is 0 Å². The van der Waals surface area contributed by atoms with Gasteiger partial charge in [-0.05, 0) is 12.1 Å². The second-order valence-electron chi connectivity index (χ2n) is 6.82. The van der Waals surface area contributed by atoms with Crippen LogP contribution in [0.2, 0.25) is 19.6 Å². The summed E-state index contributed by atoms with van der Waals surface area (Å²) in [5.74, 6) is 0. The normalized spacial score (nSPS) is 16.4. The zero-order valence-corrected chi connectivity index (χ0v) is 13.3. The fraction of sp³-hybridized carbons (Fsp3) is 0.562. The maximum Gasteiger partial charge on any atom is 0.168 e. The Labute approximate surface area is 113 Å². The molecule has 1 aliphatic heterocycles. The third kappa shape index (κ3) is 3.81. The molecule has 0 aliphatic carbocycles. The fourth-order valence-electron chi connectivity index (χ4n) is 2.76. The molecule has 0 radical (unpaired) electrons. The largest absolute Gasteiger partial charge is 0.233 e. The van der Waals surface area contributed by atoms with Crippen LogP contribution >= 0.6 is 0 Å². The van der Waals surface area contributed by atoms with Crippen molar-refractivity contribution in [1.82, 2.24) is 0 Å². The van der Waals surface area contributed by atoms with Crippen LogP contribution in [0.4, 0.5) is 0 Å². The predicted octanol–water partition coefficient (Wildman–Crippen LogP) is 3.87. The van der Waals surface area contributed by atoms with Crippen molar-refractivity contribution in [2.75, 3.05) is 6.54 Å². The summed E-state index contributed by atoms with van der Waals surface area (Å²) in [6.45, 7) is 11.9. The van der Waals surface area contributed by atoms with E-state index in [1.165, 1.54) is 36.6 Å². The van der Waals surface area contributed by atoms with Gasteiger partial charge in [-0.25, -0.2) is 4.58 Å². The highest BCUT2D eigenvalue weighted by molar-refractivity contribution is 6.75. The molecule has 1 nitrogen and oxygen atoms in total. The molecule has 0 bridgehead atoms. The Morgan fingerprint density at radius 2 is 1.89 bits per heavy atom. The Bertz CT molecular complexity index is 454. The molecular weight excluding hydrogens is 234 g/mol. The van der Waals surface area contributed by atoms with E-state index in [1.807, 2.05) is 0 Å². The zero-order valence-electron chi connectivity index (χ0n) is 12.3. The van der Waals surface area contributed by atoms with E-state index in [9.17, 15) is 0 Å². The number of hydrogen-bond acceptors (Lipinski definition) is 0. The Morgan fingerprint density at radius 3 is 2.50 bits per heavy atom. The van der Waals surface area contributed by atoms with Gasteiger partial charge < -0.3 is 0 Å². The molecule has 0 unspecified atom stereocenters. The minimum atomic E-state index is -0.998. The second-order valence-corrected chi connectivity index (χ2v) is 12.3. The summed E-state index contributed by atoms with van der Waals surface area (Å²) < 4.78 is 2.54. The van der Waals surface area contributed by atoms with Crippen molar-refractivity contribution in [3.05, 3.63) is 35.4 Å². The SMILES string of the molecule is CC1=[N+](Cc2cccc(C[Si](C)(C)C)c2)CCC1. The van der Waals surface area contributed by atoms with Crippen LogP contribution in [0.25, 0.3) is 0 Å². The first-order valence-electron chi connectivity index (χ1n) is 7.09. The van der Waals surface area contributed by atoms with Crippen LogP contribution in [0, 0.1) is 0 Å². The van der Waals surface area contributed by atoms with Crippen molar-refractivity contribution in [3.63, 3.8) is 0 Å². The zero-order chi connectivity index (χ0) is 13.2. The van der Waals surface area contributed by atoms with E-state index in [1.54, 1.807) is 5.71 Å². The molecule has 0 saturated carbocycles. The number of nitrogens with zero attached hydrogens (tertiary/aromatic N) is 1. The van der Waals surface area contributed by atoms with E-state index in [0.717, 1.165) is 6.54 Å². The van der Waals surface area contributed by atoms with Crippen LogP contribution in [0.1, 0.15) is 30.9 Å². The van der Waals surface area contributed by atoms with Gasteiger partial charge in [0, 0.05) is 33.4 Å². The average Bonchev–Trinajstić information content (AvgIpc) is 2.62. The van der Waals surface area contributed by atoms with E-state index in [0.29, 0.717) is 0 Å². The minimum absolute atomic E-state index is 0.998. The van der Waals surface area contributed by atoms with Gasteiger partial charge in [0.15, 0.2) is 6.54 Å². The predicted molar refractivity (Wildman–Crippen MR) is 82.2 cm³/mol. The van der Waals surface area contributed by atoms with Gasteiger partial charge in [-0.15, -0.1) is 0 Å². The molecule has 0 spiro atoms. The van der Waals surface area contributed by atoms with E-state index < -0.39 is 8.07 Å². The lowest BCUT2D eigenvalue weighted by atomic mass is 10.1. The van der Waals surface area contributed by atoms with Gasteiger partial charge in [-0.2, -0.15) is 0 Å². The molecule has 18 heavy (non-hydrogen) atoms. The maximum absolute atomic E-state index is 2.54. The first-order chi connectivity index (χ1) is 8.44. The molecule has 0 amide bonds. The highest BCUT2D eigenvalue weighted by atomic mass is 28.3. The lowest BCUT2D eigenvalue weighted by Crippen LogP contribution is -2.24. The molecule has 0 saturated heterocycles. The molecule has 98 valence electrons. The highest BCUT2D eigenvalue weighted by Crippen LogP contribution is 2.15. The van der Waals surface area contributed by atoms with E-state index in [-0.39, 0.29) is 0 Å². The molecule has 1 heterocycles. The van der Waals surface area contributed by atoms with Crippen LogP contribution in [0.5, 0.6) is 0 Å². The number of hydrogen-bond donors (Lipinski definition) is 0. The van der Waals surface area contributed by atoms with Crippen molar-refractivity contribution >= 4 is 13.8 Å². The topological polar surface area (TPSA) is 3.01 Å². The third-order valence-corrected chi connectivity index (χ3v) is 5.07. The summed E-state index contributed by atoms with van der Waals surface area (Å²) >= 11 is 0. The molecular formula is C16H26NSi+. The molecule has 0 atom stereocenters. The Kier molecular flexibility index (Phi) is 4.06. The van der Waals surface area contributed by atoms with E-state index >= 15 is 0 Å². The van der Waals surface area contributed by atoms with Crippen molar-refractivity contribution in [2.24, 2.45) is 0 Å². The third-order valence-electron chi connectivity index (χ3n) is 3.61. The smallest absolute Gasteiger partial charge is 0.168 e. The van der Waals surface area contributed by atoms with Crippen LogP contribution < -0.4 is 0 Å². The summed E-state index contributed by atoms with van der Waals surface area (Å²) in [6.07, 6.45) is 2.62. The van der Waals surface area contributed by atoms with Gasteiger partial charge in [0.1, 0.15) is 12.3 Å². The summed E-state index contributed by atoms with van der Waals surface area (Å²) in [4.78, 5) is 0. The van der Waals surface area contributed by atoms with Crippen molar-refractivity contribution in [2.45, 2.75) is 52.0 Å². The molecule has 2 rings (SSSR count). The lowest BCUT2D eigenvalue weighted by molar-refractivity contribution is -0.536. The van der Waals surface area contributed by atoms with Crippen LogP contribution in [-0.4, -0.2) is 24.9 Å².